The topological polar surface area (TPSA) is 72.5 Å². The van der Waals surface area contributed by atoms with Crippen LogP contribution in [0.15, 0.2) is 66.7 Å². The normalized spacial score (nSPS) is 11.3. The Morgan fingerprint density at radius 3 is 0.912 bits per heavy atom. The average Bonchev–Trinajstić information content (AvgIpc) is 3.23. The van der Waals surface area contributed by atoms with Crippen LogP contribution in [0.5, 0.6) is 34.5 Å². The summed E-state index contributed by atoms with van der Waals surface area (Å²) in [4.78, 5) is 13.6. The molecular weight excluding hydrogens is 713 g/mol. The Kier molecular flexibility index (Phi) is 18.0. The molecule has 0 bridgehead atoms. The number of esters is 1. The van der Waals surface area contributed by atoms with Crippen LogP contribution >= 0.6 is 0 Å². The second kappa shape index (κ2) is 23.5. The van der Waals surface area contributed by atoms with Crippen LogP contribution in [0.2, 0.25) is 0 Å². The molecule has 5 rings (SSSR count). The van der Waals surface area contributed by atoms with E-state index in [1.165, 1.54) is 0 Å². The van der Waals surface area contributed by atoms with Crippen molar-refractivity contribution in [2.24, 2.45) is 0 Å². The van der Waals surface area contributed by atoms with E-state index in [1.54, 1.807) is 12.1 Å². The number of rotatable bonds is 27. The second-order valence-corrected chi connectivity index (χ2v) is 15.1. The molecule has 0 saturated carbocycles. The third kappa shape index (κ3) is 12.2. The first-order valence-electron chi connectivity index (χ1n) is 22.0. The summed E-state index contributed by atoms with van der Waals surface area (Å²) in [5, 5.41) is 5.86. The van der Waals surface area contributed by atoms with Crippen molar-refractivity contribution in [2.75, 3.05) is 33.0 Å². The maximum atomic E-state index is 13.6. The fraction of sp³-hybridized carbons (Fsp3) is 0.500. The minimum atomic E-state index is -0.436. The quantitative estimate of drug-likeness (QED) is 0.0227. The predicted octanol–water partition coefficient (Wildman–Crippen LogP) is 14.2. The number of carbonyl (C=O) groups excluding carboxylic acids is 1. The van der Waals surface area contributed by atoms with E-state index in [-0.39, 0.29) is 0 Å². The third-order valence-corrected chi connectivity index (χ3v) is 10.4. The number of unbranched alkanes of at least 4 members (excludes halogenated alkanes) is 10. The summed E-state index contributed by atoms with van der Waals surface area (Å²) in [6.07, 6.45) is 15.7. The molecule has 0 fully saturated rings. The van der Waals surface area contributed by atoms with Gasteiger partial charge in [-0.2, -0.15) is 0 Å². The molecule has 0 spiro atoms. The lowest BCUT2D eigenvalue weighted by atomic mass is 9.93. The van der Waals surface area contributed by atoms with Gasteiger partial charge >= 0.3 is 5.97 Å². The second-order valence-electron chi connectivity index (χ2n) is 15.1. The minimum Gasteiger partial charge on any atom is -0.490 e. The monoisotopic (exact) mass is 778 g/mol. The number of fused-ring (bicyclic) bond motifs is 6. The molecule has 57 heavy (non-hydrogen) atoms. The summed E-state index contributed by atoms with van der Waals surface area (Å²) in [7, 11) is 0. The molecule has 7 nitrogen and oxygen atoms in total. The van der Waals surface area contributed by atoms with Gasteiger partial charge in [-0.1, -0.05) is 117 Å². The van der Waals surface area contributed by atoms with Crippen LogP contribution in [0.1, 0.15) is 141 Å². The number of benzene rings is 5. The van der Waals surface area contributed by atoms with E-state index in [2.05, 4.69) is 58.9 Å². The average molecular weight is 779 g/mol. The van der Waals surface area contributed by atoms with Gasteiger partial charge in [-0.3, -0.25) is 0 Å². The molecule has 0 atom stereocenters. The molecule has 5 aromatic rings. The van der Waals surface area contributed by atoms with E-state index < -0.39 is 5.97 Å². The van der Waals surface area contributed by atoms with Crippen LogP contribution in [-0.4, -0.2) is 39.0 Å². The van der Waals surface area contributed by atoms with E-state index in [1.807, 2.05) is 30.3 Å². The summed E-state index contributed by atoms with van der Waals surface area (Å²) in [5.74, 6) is 3.39. The summed E-state index contributed by atoms with van der Waals surface area (Å²) in [6.45, 7) is 13.9. The van der Waals surface area contributed by atoms with Crippen molar-refractivity contribution in [1.82, 2.24) is 0 Å². The molecule has 0 aliphatic carbocycles. The highest BCUT2D eigenvalue weighted by atomic mass is 16.6. The van der Waals surface area contributed by atoms with Crippen LogP contribution in [0.25, 0.3) is 32.3 Å². The predicted molar refractivity (Wildman–Crippen MR) is 235 cm³/mol. The Balaban J connectivity index is 1.78. The highest BCUT2D eigenvalue weighted by Gasteiger charge is 2.22. The zero-order valence-electron chi connectivity index (χ0n) is 35.4. The molecule has 0 radical (unpaired) electrons. The molecule has 7 heteroatoms. The first kappa shape index (κ1) is 43.5. The van der Waals surface area contributed by atoms with Crippen LogP contribution in [-0.2, 0) is 0 Å². The molecule has 5 aromatic carbocycles. The molecule has 0 unspecified atom stereocenters. The number of ether oxygens (including phenoxy) is 6. The van der Waals surface area contributed by atoms with Crippen molar-refractivity contribution in [3.8, 4) is 34.5 Å². The molecule has 0 aliphatic rings. The van der Waals surface area contributed by atoms with Gasteiger partial charge in [-0.05, 0) is 113 Å². The largest absolute Gasteiger partial charge is 0.490 e. The van der Waals surface area contributed by atoms with Crippen molar-refractivity contribution < 1.29 is 33.2 Å². The van der Waals surface area contributed by atoms with Gasteiger partial charge < -0.3 is 28.4 Å². The lowest BCUT2D eigenvalue weighted by Crippen LogP contribution is -2.10. The van der Waals surface area contributed by atoms with Crippen LogP contribution in [0.4, 0.5) is 0 Å². The van der Waals surface area contributed by atoms with E-state index in [0.29, 0.717) is 55.8 Å². The maximum absolute atomic E-state index is 13.6. The minimum absolute atomic E-state index is 0.380. The summed E-state index contributed by atoms with van der Waals surface area (Å²) in [5.41, 5.74) is 0.474. The van der Waals surface area contributed by atoms with Gasteiger partial charge in [0.2, 0.25) is 0 Å². The SMILES string of the molecule is CCCCCOc1cc2c3cc(OCCCCC)c(OCCCCC)cc3c3cc(OC(=O)c4ccccc4)c(OCCCCC)cc3c2cc1OCCCCC. The summed E-state index contributed by atoms with van der Waals surface area (Å²) in [6, 6.07) is 21.6. The lowest BCUT2D eigenvalue weighted by Gasteiger charge is -2.20. The Morgan fingerprint density at radius 1 is 0.368 bits per heavy atom. The van der Waals surface area contributed by atoms with Gasteiger partial charge in [-0.15, -0.1) is 0 Å². The fourth-order valence-corrected chi connectivity index (χ4v) is 7.06. The Bertz CT molecular complexity index is 1940. The van der Waals surface area contributed by atoms with E-state index >= 15 is 0 Å². The molecule has 308 valence electrons. The molecular formula is C50H66O7. The molecule has 0 aliphatic heterocycles. The molecule has 0 heterocycles. The fourth-order valence-electron chi connectivity index (χ4n) is 7.06. The number of hydrogen-bond acceptors (Lipinski definition) is 7. The van der Waals surface area contributed by atoms with Crippen molar-refractivity contribution in [3.63, 3.8) is 0 Å². The summed E-state index contributed by atoms with van der Waals surface area (Å²) < 4.78 is 38.8. The van der Waals surface area contributed by atoms with Crippen LogP contribution in [0.3, 0.4) is 0 Å². The molecule has 0 saturated heterocycles. The van der Waals surface area contributed by atoms with E-state index in [4.69, 9.17) is 28.4 Å². The highest BCUT2D eigenvalue weighted by Crippen LogP contribution is 2.47. The van der Waals surface area contributed by atoms with Crippen molar-refractivity contribution in [1.29, 1.82) is 0 Å². The van der Waals surface area contributed by atoms with Crippen molar-refractivity contribution >= 4 is 38.3 Å². The smallest absolute Gasteiger partial charge is 0.343 e. The zero-order valence-corrected chi connectivity index (χ0v) is 35.4. The van der Waals surface area contributed by atoms with Crippen LogP contribution < -0.4 is 28.4 Å². The third-order valence-electron chi connectivity index (χ3n) is 10.4. The van der Waals surface area contributed by atoms with Gasteiger partial charge in [0.1, 0.15) is 0 Å². The van der Waals surface area contributed by atoms with Crippen LogP contribution in [0, 0.1) is 0 Å². The zero-order chi connectivity index (χ0) is 40.2. The molecule has 0 amide bonds. The Labute approximate surface area is 341 Å². The first-order chi connectivity index (χ1) is 28.0. The highest BCUT2D eigenvalue weighted by molar-refractivity contribution is 6.27. The Hall–Kier alpha value is -4.65. The number of hydrogen-bond donors (Lipinski definition) is 0. The standard InChI is InChI=1S/C50H66O7/c1-6-11-19-26-52-44-31-38-39-32-45(53-27-20-12-7-2)47(55-29-22-14-9-4)34-41(39)43-36-49(57-50(51)37-24-17-16-18-25-37)48(56-30-23-15-10-5)35-42(43)40(38)33-46(44)54-28-21-13-8-3/h16-18,24-25,31-36H,6-15,19-23,26-30H2,1-5H3. The first-order valence-corrected chi connectivity index (χ1v) is 22.0. The molecule has 0 aromatic heterocycles. The summed E-state index contributed by atoms with van der Waals surface area (Å²) >= 11 is 0. The maximum Gasteiger partial charge on any atom is 0.343 e. The van der Waals surface area contributed by atoms with Crippen molar-refractivity contribution in [2.45, 2.75) is 131 Å². The van der Waals surface area contributed by atoms with Gasteiger partial charge in [0, 0.05) is 0 Å². The Morgan fingerprint density at radius 2 is 0.632 bits per heavy atom. The van der Waals surface area contributed by atoms with Gasteiger partial charge in [0.15, 0.2) is 34.5 Å². The number of carbonyl (C=O) groups is 1. The van der Waals surface area contributed by atoms with E-state index in [9.17, 15) is 4.79 Å². The van der Waals surface area contributed by atoms with Gasteiger partial charge in [0.05, 0.1) is 38.6 Å². The van der Waals surface area contributed by atoms with E-state index in [0.717, 1.165) is 146 Å². The van der Waals surface area contributed by atoms with Gasteiger partial charge in [0.25, 0.3) is 0 Å². The van der Waals surface area contributed by atoms with Crippen molar-refractivity contribution in [3.05, 3.63) is 72.3 Å². The van der Waals surface area contributed by atoms with Gasteiger partial charge in [-0.25, -0.2) is 4.79 Å². The molecule has 0 N–H and O–H groups in total. The lowest BCUT2D eigenvalue weighted by molar-refractivity contribution is 0.0728.